The molecule has 1 fully saturated rings. The minimum absolute atomic E-state index is 0.0298. The number of hydrogen-bond donors (Lipinski definition) is 1. The quantitative estimate of drug-likeness (QED) is 0.861. The fourth-order valence-electron chi connectivity index (χ4n) is 2.99. The maximum Gasteiger partial charge on any atom is 0.321 e. The number of likely N-dealkylation sites (tertiary alicyclic amines) is 1. The molecule has 1 aromatic rings. The van der Waals surface area contributed by atoms with Crippen LogP contribution in [0.15, 0.2) is 18.2 Å². The van der Waals surface area contributed by atoms with Gasteiger partial charge in [-0.2, -0.15) is 0 Å². The van der Waals surface area contributed by atoms with Gasteiger partial charge in [0.1, 0.15) is 0 Å². The molecule has 0 saturated carbocycles. The molecule has 2 aliphatic heterocycles. The lowest BCUT2D eigenvalue weighted by Gasteiger charge is -2.25. The fraction of sp³-hybridized carbons (Fsp3) is 0.500. The van der Waals surface area contributed by atoms with Crippen molar-refractivity contribution in [2.75, 3.05) is 32.0 Å². The van der Waals surface area contributed by atoms with Gasteiger partial charge in [0.15, 0.2) is 0 Å². The smallest absolute Gasteiger partial charge is 0.321 e. The van der Waals surface area contributed by atoms with Gasteiger partial charge in [0, 0.05) is 37.9 Å². The van der Waals surface area contributed by atoms with Crippen LogP contribution in [0, 0.1) is 5.92 Å². The molecular formula is C16H21N3O2. The molecule has 0 radical (unpaired) electrons. The second-order valence-corrected chi connectivity index (χ2v) is 6.12. The minimum Gasteiger partial charge on any atom is -0.341 e. The number of nitrogens with zero attached hydrogens (tertiary/aromatic N) is 2. The molecule has 5 heteroatoms. The molecule has 0 aromatic heterocycles. The lowest BCUT2D eigenvalue weighted by Crippen LogP contribution is -2.35. The first-order valence-electron chi connectivity index (χ1n) is 7.49. The molecule has 1 saturated heterocycles. The van der Waals surface area contributed by atoms with E-state index in [2.05, 4.69) is 12.2 Å². The number of anilines is 1. The van der Waals surface area contributed by atoms with Crippen LogP contribution in [0.25, 0.3) is 0 Å². The van der Waals surface area contributed by atoms with Gasteiger partial charge >= 0.3 is 6.03 Å². The molecule has 1 N–H and O–H groups in total. The fourth-order valence-corrected chi connectivity index (χ4v) is 2.99. The van der Waals surface area contributed by atoms with E-state index in [9.17, 15) is 9.59 Å². The van der Waals surface area contributed by atoms with Crippen molar-refractivity contribution < 1.29 is 9.59 Å². The van der Waals surface area contributed by atoms with Crippen LogP contribution in [-0.2, 0) is 6.42 Å². The van der Waals surface area contributed by atoms with E-state index in [0.29, 0.717) is 17.2 Å². The first kappa shape index (κ1) is 13.9. The number of benzene rings is 1. The summed E-state index contributed by atoms with van der Waals surface area (Å²) in [6, 6.07) is 5.55. The number of rotatable bonds is 1. The van der Waals surface area contributed by atoms with Crippen LogP contribution in [0.4, 0.5) is 10.5 Å². The number of amides is 3. The van der Waals surface area contributed by atoms with Crippen molar-refractivity contribution in [3.63, 3.8) is 0 Å². The van der Waals surface area contributed by atoms with Gasteiger partial charge < -0.3 is 15.1 Å². The second-order valence-electron chi connectivity index (χ2n) is 6.12. The Bertz CT molecular complexity index is 585. The normalized spacial score (nSPS) is 21.4. The first-order valence-corrected chi connectivity index (χ1v) is 7.49. The lowest BCUT2D eigenvalue weighted by atomic mass is 9.99. The summed E-state index contributed by atoms with van der Waals surface area (Å²) in [6.07, 6.45) is 1.93. The molecule has 1 atom stereocenters. The van der Waals surface area contributed by atoms with E-state index in [-0.39, 0.29) is 11.9 Å². The van der Waals surface area contributed by atoms with Crippen molar-refractivity contribution in [1.29, 1.82) is 0 Å². The van der Waals surface area contributed by atoms with E-state index in [1.165, 1.54) is 0 Å². The van der Waals surface area contributed by atoms with Crippen molar-refractivity contribution in [1.82, 2.24) is 9.80 Å². The van der Waals surface area contributed by atoms with Crippen molar-refractivity contribution >= 4 is 17.6 Å². The molecular weight excluding hydrogens is 266 g/mol. The van der Waals surface area contributed by atoms with E-state index >= 15 is 0 Å². The highest BCUT2D eigenvalue weighted by Crippen LogP contribution is 2.23. The summed E-state index contributed by atoms with van der Waals surface area (Å²) in [5.41, 5.74) is 2.46. The third-order valence-electron chi connectivity index (χ3n) is 4.37. The largest absolute Gasteiger partial charge is 0.341 e. The predicted octanol–water partition coefficient (Wildman–Crippen LogP) is 2.19. The lowest BCUT2D eigenvalue weighted by molar-refractivity contribution is 0.0781. The Kier molecular flexibility index (Phi) is 3.57. The third kappa shape index (κ3) is 2.73. The van der Waals surface area contributed by atoms with Crippen LogP contribution < -0.4 is 5.32 Å². The Balaban J connectivity index is 1.75. The van der Waals surface area contributed by atoms with E-state index in [1.807, 2.05) is 24.1 Å². The molecule has 3 amide bonds. The topological polar surface area (TPSA) is 52.7 Å². The summed E-state index contributed by atoms with van der Waals surface area (Å²) in [4.78, 5) is 27.9. The van der Waals surface area contributed by atoms with Crippen LogP contribution in [0.1, 0.15) is 29.3 Å². The number of carbonyl (C=O) groups excluding carboxylic acids is 2. The van der Waals surface area contributed by atoms with Gasteiger partial charge in [0.25, 0.3) is 5.91 Å². The molecule has 3 rings (SSSR count). The zero-order valence-corrected chi connectivity index (χ0v) is 12.6. The zero-order valence-electron chi connectivity index (χ0n) is 12.6. The molecule has 0 spiro atoms. The number of hydrogen-bond acceptors (Lipinski definition) is 2. The van der Waals surface area contributed by atoms with E-state index in [4.69, 9.17) is 0 Å². The monoisotopic (exact) mass is 287 g/mol. The van der Waals surface area contributed by atoms with Crippen molar-refractivity contribution in [2.45, 2.75) is 19.8 Å². The molecule has 21 heavy (non-hydrogen) atoms. The van der Waals surface area contributed by atoms with Crippen LogP contribution in [0.5, 0.6) is 0 Å². The number of urea groups is 1. The highest BCUT2D eigenvalue weighted by Gasteiger charge is 2.25. The van der Waals surface area contributed by atoms with Crippen LogP contribution in [0.3, 0.4) is 0 Å². The average Bonchev–Trinajstić information content (AvgIpc) is 2.90. The second kappa shape index (κ2) is 5.39. The minimum atomic E-state index is -0.0732. The Morgan fingerprint density at radius 1 is 1.33 bits per heavy atom. The molecule has 0 aliphatic carbocycles. The maximum absolute atomic E-state index is 12.2. The number of fused-ring (bicyclic) bond motifs is 1. The molecule has 2 aliphatic rings. The number of carbonyl (C=O) groups is 2. The Hall–Kier alpha value is -2.04. The van der Waals surface area contributed by atoms with E-state index < -0.39 is 0 Å². The number of likely N-dealkylation sites (N-methyl/N-ethyl adjacent to an activating group) is 1. The standard InChI is InChI=1S/C16H21N3O2/c1-11-5-8-19(10-11)16(21)17-13-4-3-12-6-7-18(2)15(20)14(12)9-13/h3-4,9,11H,5-8,10H2,1-2H3,(H,17,21). The van der Waals surface area contributed by atoms with Gasteiger partial charge in [-0.1, -0.05) is 13.0 Å². The molecule has 2 heterocycles. The summed E-state index contributed by atoms with van der Waals surface area (Å²) < 4.78 is 0. The summed E-state index contributed by atoms with van der Waals surface area (Å²) >= 11 is 0. The van der Waals surface area contributed by atoms with Crippen molar-refractivity contribution in [2.24, 2.45) is 5.92 Å². The van der Waals surface area contributed by atoms with Crippen LogP contribution >= 0.6 is 0 Å². The summed E-state index contributed by atoms with van der Waals surface area (Å²) in [5.74, 6) is 0.594. The Morgan fingerprint density at radius 2 is 2.14 bits per heavy atom. The summed E-state index contributed by atoms with van der Waals surface area (Å²) in [7, 11) is 1.81. The third-order valence-corrected chi connectivity index (χ3v) is 4.37. The van der Waals surface area contributed by atoms with Gasteiger partial charge in [-0.05, 0) is 36.5 Å². The molecule has 0 bridgehead atoms. The van der Waals surface area contributed by atoms with Crippen molar-refractivity contribution in [3.05, 3.63) is 29.3 Å². The molecule has 1 aromatic carbocycles. The van der Waals surface area contributed by atoms with Crippen LogP contribution in [-0.4, -0.2) is 48.4 Å². The zero-order chi connectivity index (χ0) is 15.0. The summed E-state index contributed by atoms with van der Waals surface area (Å²) in [5, 5.41) is 2.91. The Morgan fingerprint density at radius 3 is 2.86 bits per heavy atom. The molecule has 112 valence electrons. The SMILES string of the molecule is CC1CCN(C(=O)Nc2ccc3c(c2)C(=O)N(C)CC3)C1. The van der Waals surface area contributed by atoms with Gasteiger partial charge in [-0.3, -0.25) is 4.79 Å². The van der Waals surface area contributed by atoms with Gasteiger partial charge in [-0.25, -0.2) is 4.79 Å². The average molecular weight is 287 g/mol. The van der Waals surface area contributed by atoms with Crippen molar-refractivity contribution in [3.8, 4) is 0 Å². The van der Waals surface area contributed by atoms with Gasteiger partial charge in [-0.15, -0.1) is 0 Å². The number of nitrogens with one attached hydrogen (secondary N) is 1. The summed E-state index contributed by atoms with van der Waals surface area (Å²) in [6.45, 7) is 4.52. The molecule has 1 unspecified atom stereocenters. The van der Waals surface area contributed by atoms with Gasteiger partial charge in [0.2, 0.25) is 0 Å². The Labute approximate surface area is 124 Å². The maximum atomic E-state index is 12.2. The van der Waals surface area contributed by atoms with E-state index in [0.717, 1.165) is 38.0 Å². The van der Waals surface area contributed by atoms with E-state index in [1.54, 1.807) is 11.0 Å². The van der Waals surface area contributed by atoms with Crippen LogP contribution in [0.2, 0.25) is 0 Å². The predicted molar refractivity (Wildman–Crippen MR) is 81.5 cm³/mol. The highest BCUT2D eigenvalue weighted by atomic mass is 16.2. The molecule has 5 nitrogen and oxygen atoms in total. The first-order chi connectivity index (χ1) is 10.0. The van der Waals surface area contributed by atoms with Gasteiger partial charge in [0.05, 0.1) is 0 Å². The highest BCUT2D eigenvalue weighted by molar-refractivity contribution is 5.99.